The number of aromatic hydroxyl groups is 1. The summed E-state index contributed by atoms with van der Waals surface area (Å²) in [5.41, 5.74) is 5.16. The second-order valence-electron chi connectivity index (χ2n) is 8.45. The summed E-state index contributed by atoms with van der Waals surface area (Å²) in [7, 11) is 0. The molecule has 4 rings (SSSR count). The molecular weight excluding hydrogens is 492 g/mol. The Morgan fingerprint density at radius 2 is 1.79 bits per heavy atom. The molecule has 0 fully saturated rings. The first-order valence-corrected chi connectivity index (χ1v) is 11.5. The van der Waals surface area contributed by atoms with Crippen LogP contribution in [-0.4, -0.2) is 23.3 Å². The van der Waals surface area contributed by atoms with Gasteiger partial charge in [0.1, 0.15) is 17.6 Å². The average molecular weight is 516 g/mol. The van der Waals surface area contributed by atoms with Crippen molar-refractivity contribution in [3.05, 3.63) is 107 Å². The van der Waals surface area contributed by atoms with Crippen molar-refractivity contribution in [2.24, 2.45) is 5.10 Å². The number of ether oxygens (including phenoxy) is 2. The summed E-state index contributed by atoms with van der Waals surface area (Å²) < 4.78 is 36.4. The van der Waals surface area contributed by atoms with Gasteiger partial charge in [-0.3, -0.25) is 4.79 Å². The van der Waals surface area contributed by atoms with Crippen LogP contribution < -0.4 is 10.2 Å². The molecule has 192 valence electrons. The van der Waals surface area contributed by atoms with Gasteiger partial charge < -0.3 is 14.6 Å². The molecular formula is C29H23F2N3O4. The molecule has 0 aromatic heterocycles. The van der Waals surface area contributed by atoms with E-state index in [4.69, 9.17) is 10.00 Å². The van der Waals surface area contributed by atoms with E-state index >= 15 is 0 Å². The number of rotatable bonds is 9. The van der Waals surface area contributed by atoms with Gasteiger partial charge in [0.25, 0.3) is 5.91 Å². The lowest BCUT2D eigenvalue weighted by atomic mass is 10.0. The zero-order valence-corrected chi connectivity index (χ0v) is 20.3. The average Bonchev–Trinajstić information content (AvgIpc) is 2.89. The lowest BCUT2D eigenvalue weighted by Gasteiger charge is -2.13. The van der Waals surface area contributed by atoms with Crippen molar-refractivity contribution in [1.29, 1.82) is 5.26 Å². The second kappa shape index (κ2) is 11.5. The van der Waals surface area contributed by atoms with Gasteiger partial charge >= 0.3 is 6.11 Å². The number of halogens is 2. The van der Waals surface area contributed by atoms with Gasteiger partial charge in [-0.1, -0.05) is 48.5 Å². The Morgan fingerprint density at radius 1 is 1.05 bits per heavy atom. The molecule has 0 saturated carbocycles. The van der Waals surface area contributed by atoms with Crippen LogP contribution in [0.2, 0.25) is 0 Å². The Morgan fingerprint density at radius 3 is 2.53 bits per heavy atom. The van der Waals surface area contributed by atoms with Crippen molar-refractivity contribution in [3.63, 3.8) is 0 Å². The minimum absolute atomic E-state index is 0.00221. The predicted molar refractivity (Wildman–Crippen MR) is 138 cm³/mol. The van der Waals surface area contributed by atoms with Gasteiger partial charge in [0.15, 0.2) is 0 Å². The Labute approximate surface area is 217 Å². The summed E-state index contributed by atoms with van der Waals surface area (Å²) in [6, 6.07) is 23.6. The highest BCUT2D eigenvalue weighted by Gasteiger charge is 2.22. The molecule has 2 N–H and O–H groups in total. The van der Waals surface area contributed by atoms with E-state index in [1.165, 1.54) is 36.5 Å². The fraction of sp³-hybridized carbons (Fsp3) is 0.138. The van der Waals surface area contributed by atoms with Crippen molar-refractivity contribution in [2.75, 3.05) is 0 Å². The minimum atomic E-state index is -3.24. The van der Waals surface area contributed by atoms with Crippen LogP contribution in [0.25, 0.3) is 10.8 Å². The molecule has 0 aliphatic rings. The molecule has 0 radical (unpaired) electrons. The first-order chi connectivity index (χ1) is 18.2. The zero-order valence-electron chi connectivity index (χ0n) is 20.3. The fourth-order valence-corrected chi connectivity index (χ4v) is 3.77. The zero-order chi connectivity index (χ0) is 27.1. The number of benzene rings is 4. The van der Waals surface area contributed by atoms with Crippen LogP contribution in [0.15, 0.2) is 84.0 Å². The highest BCUT2D eigenvalue weighted by molar-refractivity contribution is 6.02. The van der Waals surface area contributed by atoms with Crippen LogP contribution in [0.3, 0.4) is 0 Å². The van der Waals surface area contributed by atoms with E-state index < -0.39 is 12.0 Å². The lowest BCUT2D eigenvalue weighted by Crippen LogP contribution is -2.18. The summed E-state index contributed by atoms with van der Waals surface area (Å²) in [5, 5.41) is 24.5. The van der Waals surface area contributed by atoms with Crippen molar-refractivity contribution < 1.29 is 28.2 Å². The molecule has 0 aliphatic heterocycles. The van der Waals surface area contributed by atoms with E-state index in [0.717, 1.165) is 27.5 Å². The van der Waals surface area contributed by atoms with E-state index in [1.54, 1.807) is 12.1 Å². The number of alkyl halides is 2. The van der Waals surface area contributed by atoms with Crippen LogP contribution in [0.5, 0.6) is 11.5 Å². The van der Waals surface area contributed by atoms with Crippen LogP contribution in [0.4, 0.5) is 8.78 Å². The van der Waals surface area contributed by atoms with Gasteiger partial charge in [-0.25, -0.2) is 5.43 Å². The van der Waals surface area contributed by atoms with Crippen molar-refractivity contribution in [2.45, 2.75) is 26.2 Å². The number of hydrogen-bond donors (Lipinski definition) is 2. The third-order valence-corrected chi connectivity index (χ3v) is 5.54. The summed E-state index contributed by atoms with van der Waals surface area (Å²) in [4.78, 5) is 12.4. The monoisotopic (exact) mass is 515 g/mol. The van der Waals surface area contributed by atoms with E-state index in [-0.39, 0.29) is 29.2 Å². The number of nitrogens with one attached hydrogen (secondary N) is 1. The van der Waals surface area contributed by atoms with E-state index in [0.29, 0.717) is 13.5 Å². The number of nitriles is 1. The number of phenolic OH excluding ortho intramolecular Hbond substituents is 1. The van der Waals surface area contributed by atoms with Crippen LogP contribution in [0.1, 0.15) is 39.5 Å². The molecule has 9 heteroatoms. The normalized spacial score (nSPS) is 11.4. The van der Waals surface area contributed by atoms with E-state index in [2.05, 4.69) is 15.3 Å². The standard InChI is InChI=1S/C29H23F2N3O4/c1-29(30,31)38-24-11-8-19(9-12-24)17-37-18-22-5-3-6-25-21(4-2-7-26(22)25)16-33-34-28(36)20-10-13-27(35)23(14-20)15-32/h2-14,16,35H,17-18H2,1H3,(H,34,36)/b33-16+. The number of fused-ring (bicyclic) bond motifs is 1. The fourth-order valence-electron chi connectivity index (χ4n) is 3.77. The Hall–Kier alpha value is -4.81. The molecule has 0 aliphatic carbocycles. The topological polar surface area (TPSA) is 104 Å². The first kappa shape index (κ1) is 26.3. The predicted octanol–water partition coefficient (Wildman–Crippen LogP) is 5.89. The first-order valence-electron chi connectivity index (χ1n) is 11.5. The summed E-state index contributed by atoms with van der Waals surface area (Å²) in [6.07, 6.45) is -1.71. The molecule has 7 nitrogen and oxygen atoms in total. The largest absolute Gasteiger partial charge is 0.507 e. The Balaban J connectivity index is 1.41. The molecule has 0 heterocycles. The number of amides is 1. The minimum Gasteiger partial charge on any atom is -0.507 e. The molecule has 1 amide bonds. The Bertz CT molecular complexity index is 1520. The molecule has 0 spiro atoms. The molecule has 38 heavy (non-hydrogen) atoms. The summed E-state index contributed by atoms with van der Waals surface area (Å²) in [5.74, 6) is -0.638. The van der Waals surface area contributed by atoms with Gasteiger partial charge in [0.2, 0.25) is 0 Å². The number of carbonyl (C=O) groups is 1. The quantitative estimate of drug-likeness (QED) is 0.214. The highest BCUT2D eigenvalue weighted by Crippen LogP contribution is 2.24. The van der Waals surface area contributed by atoms with Gasteiger partial charge in [-0.05, 0) is 52.2 Å². The van der Waals surface area contributed by atoms with Gasteiger partial charge in [0, 0.05) is 18.1 Å². The van der Waals surface area contributed by atoms with Gasteiger partial charge in [-0.15, -0.1) is 0 Å². The van der Waals surface area contributed by atoms with Crippen molar-refractivity contribution in [3.8, 4) is 17.6 Å². The molecule has 0 saturated heterocycles. The smallest absolute Gasteiger partial charge is 0.394 e. The maximum Gasteiger partial charge on any atom is 0.394 e. The molecule has 0 bridgehead atoms. The second-order valence-corrected chi connectivity index (χ2v) is 8.45. The van der Waals surface area contributed by atoms with Crippen LogP contribution >= 0.6 is 0 Å². The number of phenols is 1. The Kier molecular flexibility index (Phi) is 7.94. The lowest BCUT2D eigenvalue weighted by molar-refractivity contribution is -0.158. The number of hydrogen-bond acceptors (Lipinski definition) is 6. The van der Waals surface area contributed by atoms with Crippen molar-refractivity contribution in [1.82, 2.24) is 5.43 Å². The maximum absolute atomic E-state index is 13.0. The van der Waals surface area contributed by atoms with Crippen LogP contribution in [-0.2, 0) is 18.0 Å². The van der Waals surface area contributed by atoms with E-state index in [9.17, 15) is 18.7 Å². The van der Waals surface area contributed by atoms with E-state index in [1.807, 2.05) is 42.5 Å². The maximum atomic E-state index is 13.0. The molecule has 0 unspecified atom stereocenters. The molecule has 4 aromatic carbocycles. The summed E-state index contributed by atoms with van der Waals surface area (Å²) >= 11 is 0. The third kappa shape index (κ3) is 6.69. The molecule has 0 atom stereocenters. The number of nitrogens with zero attached hydrogens (tertiary/aromatic N) is 2. The number of hydrazone groups is 1. The van der Waals surface area contributed by atoms with Gasteiger partial charge in [-0.2, -0.15) is 19.1 Å². The van der Waals surface area contributed by atoms with Crippen molar-refractivity contribution >= 4 is 22.9 Å². The van der Waals surface area contributed by atoms with Crippen LogP contribution in [0, 0.1) is 11.3 Å². The molecule has 4 aromatic rings. The third-order valence-electron chi connectivity index (χ3n) is 5.54. The number of carbonyl (C=O) groups excluding carboxylic acids is 1. The highest BCUT2D eigenvalue weighted by atomic mass is 19.3. The summed E-state index contributed by atoms with van der Waals surface area (Å²) in [6.45, 7) is 1.30. The SMILES string of the molecule is CC(F)(F)Oc1ccc(COCc2cccc3c(/C=N/NC(=O)c4ccc(O)c(C#N)c4)cccc23)cc1. The van der Waals surface area contributed by atoms with Gasteiger partial charge in [0.05, 0.1) is 25.0 Å².